The van der Waals surface area contributed by atoms with Crippen LogP contribution in [0, 0.1) is 0 Å². The largest absolute Gasteiger partial charge is 1.00 e. The summed E-state index contributed by atoms with van der Waals surface area (Å²) in [6, 6.07) is -0.201. The molecule has 0 aromatic carbocycles. The number of aliphatic hydroxyl groups excluding tert-OH is 4. The molecule has 1 saturated heterocycles. The molecule has 0 radical (unpaired) electrons. The van der Waals surface area contributed by atoms with Crippen LogP contribution in [0.1, 0.15) is 6.42 Å². The topological polar surface area (TPSA) is 97.5 Å². The van der Waals surface area contributed by atoms with Crippen LogP contribution in [0.4, 0.5) is 0 Å². The second kappa shape index (κ2) is 5.74. The first kappa shape index (κ1) is 13.1. The third-order valence-electron chi connectivity index (χ3n) is 2.33. The summed E-state index contributed by atoms with van der Waals surface area (Å²) in [5.41, 5.74) is 0. The van der Waals surface area contributed by atoms with Gasteiger partial charge in [0.15, 0.2) is 0 Å². The first-order valence-corrected chi connectivity index (χ1v) is 4.15. The van der Waals surface area contributed by atoms with Gasteiger partial charge in [-0.25, -0.2) is 0 Å². The van der Waals surface area contributed by atoms with Crippen molar-refractivity contribution in [3.63, 3.8) is 0 Å². The summed E-state index contributed by atoms with van der Waals surface area (Å²) in [6.45, 7) is 0.365. The third kappa shape index (κ3) is 3.05. The zero-order chi connectivity index (χ0) is 9.14. The van der Waals surface area contributed by atoms with Gasteiger partial charge in [0.25, 0.3) is 0 Å². The molecule has 80 valence electrons. The highest BCUT2D eigenvalue weighted by Gasteiger charge is 2.38. The predicted molar refractivity (Wildman–Crippen MR) is 40.3 cm³/mol. The summed E-state index contributed by atoms with van der Waals surface area (Å²) >= 11 is 0. The molecule has 0 aromatic rings. The molecule has 5 nitrogen and oxygen atoms in total. The molecule has 0 aliphatic carbocycles. The molecule has 0 aromatic heterocycles. The zero-order valence-corrected chi connectivity index (χ0v) is 7.93. The van der Waals surface area contributed by atoms with E-state index in [9.17, 15) is 10.2 Å². The molecule has 0 amide bonds. The van der Waals surface area contributed by atoms with Crippen molar-refractivity contribution in [3.05, 3.63) is 0 Å². The van der Waals surface area contributed by atoms with Crippen molar-refractivity contribution in [3.8, 4) is 0 Å². The Labute approximate surface area is 82.8 Å². The van der Waals surface area contributed by atoms with E-state index >= 15 is 0 Å². The van der Waals surface area contributed by atoms with Crippen molar-refractivity contribution in [1.82, 2.24) is 0 Å². The van der Waals surface area contributed by atoms with Crippen LogP contribution < -0.4 is 17.7 Å². The quantitative estimate of drug-likeness (QED) is 0.315. The van der Waals surface area contributed by atoms with E-state index in [0.717, 1.165) is 0 Å². The standard InChI is InChI=1S/C7H15NO4.ClH/c9-2-1-4-6(11)7(12)5(10)3-8-4;/h4-12H,1-3H2;1H/t4-,5+,6-,7-;/m1./s1. The smallest absolute Gasteiger partial charge is 0.134 e. The molecule has 13 heavy (non-hydrogen) atoms. The lowest BCUT2D eigenvalue weighted by atomic mass is 9.94. The second-order valence-corrected chi connectivity index (χ2v) is 3.20. The molecule has 1 fully saturated rings. The zero-order valence-electron chi connectivity index (χ0n) is 7.17. The van der Waals surface area contributed by atoms with Crippen LogP contribution in [0.3, 0.4) is 0 Å². The van der Waals surface area contributed by atoms with Crippen LogP contribution in [0.2, 0.25) is 0 Å². The Morgan fingerprint density at radius 1 is 1.15 bits per heavy atom. The molecule has 1 heterocycles. The Morgan fingerprint density at radius 2 is 1.77 bits per heavy atom. The average Bonchev–Trinajstić information content (AvgIpc) is 2.07. The highest BCUT2D eigenvalue weighted by Crippen LogP contribution is 2.07. The maximum absolute atomic E-state index is 9.39. The number of quaternary nitrogens is 1. The van der Waals surface area contributed by atoms with Crippen LogP contribution in [0.25, 0.3) is 0 Å². The number of hydrogen-bond donors (Lipinski definition) is 5. The number of hydrogen-bond acceptors (Lipinski definition) is 4. The number of piperidine rings is 1. The van der Waals surface area contributed by atoms with Crippen molar-refractivity contribution in [1.29, 1.82) is 0 Å². The van der Waals surface area contributed by atoms with E-state index in [4.69, 9.17) is 10.2 Å². The van der Waals surface area contributed by atoms with Crippen molar-refractivity contribution in [2.45, 2.75) is 30.8 Å². The van der Waals surface area contributed by atoms with E-state index in [1.54, 1.807) is 5.32 Å². The van der Waals surface area contributed by atoms with Gasteiger partial charge in [0, 0.05) is 13.0 Å². The van der Waals surface area contributed by atoms with Gasteiger partial charge in [-0.15, -0.1) is 0 Å². The Hall–Kier alpha value is 0.0900. The lowest BCUT2D eigenvalue weighted by Gasteiger charge is -2.32. The highest BCUT2D eigenvalue weighted by atomic mass is 35.5. The maximum atomic E-state index is 9.39. The van der Waals surface area contributed by atoms with E-state index in [1.165, 1.54) is 0 Å². The molecule has 1 aliphatic heterocycles. The summed E-state index contributed by atoms with van der Waals surface area (Å²) in [6.07, 6.45) is -2.45. The Morgan fingerprint density at radius 3 is 2.31 bits per heavy atom. The monoisotopic (exact) mass is 213 g/mol. The lowest BCUT2D eigenvalue weighted by molar-refractivity contribution is -0.716. The van der Waals surface area contributed by atoms with Gasteiger partial charge >= 0.3 is 0 Å². The van der Waals surface area contributed by atoms with Crippen molar-refractivity contribution in [2.75, 3.05) is 13.2 Å². The molecule has 1 rings (SSSR count). The summed E-state index contributed by atoms with van der Waals surface area (Å²) in [5.74, 6) is 0. The Balaban J connectivity index is 0.00000144. The van der Waals surface area contributed by atoms with Gasteiger partial charge in [0.05, 0.1) is 0 Å². The Kier molecular flexibility index (Phi) is 5.78. The molecule has 0 spiro atoms. The minimum absolute atomic E-state index is 0. The number of rotatable bonds is 2. The summed E-state index contributed by atoms with van der Waals surface area (Å²) < 4.78 is 0. The van der Waals surface area contributed by atoms with Crippen LogP contribution >= 0.6 is 0 Å². The summed E-state index contributed by atoms with van der Waals surface area (Å²) in [4.78, 5) is 0. The fourth-order valence-electron chi connectivity index (χ4n) is 1.51. The molecule has 0 unspecified atom stereocenters. The van der Waals surface area contributed by atoms with Gasteiger partial charge in [-0.05, 0) is 0 Å². The van der Waals surface area contributed by atoms with Crippen LogP contribution in [0.15, 0.2) is 0 Å². The van der Waals surface area contributed by atoms with Gasteiger partial charge in [0.1, 0.15) is 30.9 Å². The van der Waals surface area contributed by atoms with Crippen molar-refractivity contribution >= 4 is 0 Å². The van der Waals surface area contributed by atoms with Crippen molar-refractivity contribution in [2.24, 2.45) is 0 Å². The molecule has 0 saturated carbocycles. The number of nitrogens with two attached hydrogens (primary N) is 1. The van der Waals surface area contributed by atoms with E-state index in [1.807, 2.05) is 0 Å². The maximum Gasteiger partial charge on any atom is 0.134 e. The number of halogens is 1. The molecular weight excluding hydrogens is 198 g/mol. The molecule has 6 heteroatoms. The first-order valence-electron chi connectivity index (χ1n) is 4.15. The van der Waals surface area contributed by atoms with Gasteiger partial charge < -0.3 is 38.1 Å². The van der Waals surface area contributed by atoms with E-state index in [0.29, 0.717) is 13.0 Å². The molecule has 4 atom stereocenters. The van der Waals surface area contributed by atoms with E-state index in [2.05, 4.69) is 0 Å². The fraction of sp³-hybridized carbons (Fsp3) is 1.00. The lowest BCUT2D eigenvalue weighted by Crippen LogP contribution is -3.00. The SMILES string of the molecule is OCC[C@H]1[NH2+]C[C@H](O)[C@@H](O)[C@@H]1O.[Cl-]. The van der Waals surface area contributed by atoms with Gasteiger partial charge in [-0.2, -0.15) is 0 Å². The normalized spacial score (nSPS) is 39.7. The summed E-state index contributed by atoms with van der Waals surface area (Å²) in [7, 11) is 0. The molecule has 6 N–H and O–H groups in total. The first-order chi connectivity index (χ1) is 5.66. The van der Waals surface area contributed by atoms with Gasteiger partial charge in [-0.3, -0.25) is 0 Å². The predicted octanol–water partition coefficient (Wildman–Crippen LogP) is -6.60. The highest BCUT2D eigenvalue weighted by molar-refractivity contribution is 4.83. The number of aliphatic hydroxyl groups is 4. The van der Waals surface area contributed by atoms with Crippen molar-refractivity contribution < 1.29 is 38.1 Å². The third-order valence-corrected chi connectivity index (χ3v) is 2.33. The average molecular weight is 214 g/mol. The van der Waals surface area contributed by atoms with Gasteiger partial charge in [0.2, 0.25) is 0 Å². The minimum Gasteiger partial charge on any atom is -1.00 e. The van der Waals surface area contributed by atoms with Crippen LogP contribution in [-0.2, 0) is 0 Å². The molecule has 0 bridgehead atoms. The van der Waals surface area contributed by atoms with Gasteiger partial charge in [-0.1, -0.05) is 0 Å². The molecule has 1 aliphatic rings. The summed E-state index contributed by atoms with van der Waals surface area (Å²) in [5, 5.41) is 38.1. The van der Waals surface area contributed by atoms with Crippen LogP contribution in [0.5, 0.6) is 0 Å². The van der Waals surface area contributed by atoms with Crippen LogP contribution in [-0.4, -0.2) is 57.9 Å². The van der Waals surface area contributed by atoms with E-state index in [-0.39, 0.29) is 25.1 Å². The molecular formula is C7H16ClNO4. The Bertz CT molecular complexity index is 148. The van der Waals surface area contributed by atoms with E-state index < -0.39 is 18.3 Å². The minimum atomic E-state index is -1.08. The fourth-order valence-corrected chi connectivity index (χ4v) is 1.51. The second-order valence-electron chi connectivity index (χ2n) is 3.20.